The van der Waals surface area contributed by atoms with Crippen molar-refractivity contribution in [2.45, 2.75) is 53.4 Å². The molecule has 0 aromatic carbocycles. The van der Waals surface area contributed by atoms with E-state index in [1.54, 1.807) is 0 Å². The second-order valence-corrected chi connectivity index (χ2v) is 6.41. The van der Waals surface area contributed by atoms with E-state index in [0.29, 0.717) is 29.9 Å². The van der Waals surface area contributed by atoms with Gasteiger partial charge in [0.15, 0.2) is 5.82 Å². The Kier molecular flexibility index (Phi) is 5.60. The number of hydrogen-bond donors (Lipinski definition) is 2. The number of hydrogen-bond acceptors (Lipinski definition) is 5. The summed E-state index contributed by atoms with van der Waals surface area (Å²) in [7, 11) is 0. The standard InChI is InChI=1S/C15H28N4O/c1-7-20-13-11(16)12(17-9-8-10(2)3)18-14(19-13)15(4,5)6/h10H,7-9,16H2,1-6H3,(H,17,18,19). The Morgan fingerprint density at radius 1 is 1.25 bits per heavy atom. The number of nitrogens with two attached hydrogens (primary N) is 1. The number of anilines is 2. The van der Waals surface area contributed by atoms with E-state index in [4.69, 9.17) is 10.5 Å². The zero-order valence-corrected chi connectivity index (χ0v) is 13.6. The molecule has 0 saturated carbocycles. The minimum Gasteiger partial charge on any atom is -0.476 e. The number of ether oxygens (including phenoxy) is 1. The predicted molar refractivity (Wildman–Crippen MR) is 84.3 cm³/mol. The van der Waals surface area contributed by atoms with Crippen molar-refractivity contribution >= 4 is 11.5 Å². The van der Waals surface area contributed by atoms with Crippen molar-refractivity contribution in [3.63, 3.8) is 0 Å². The van der Waals surface area contributed by atoms with Crippen LogP contribution in [0, 0.1) is 5.92 Å². The fourth-order valence-corrected chi connectivity index (χ4v) is 1.64. The molecule has 0 saturated heterocycles. The normalized spacial score (nSPS) is 11.8. The lowest BCUT2D eigenvalue weighted by Gasteiger charge is -2.20. The van der Waals surface area contributed by atoms with Crippen LogP contribution in [-0.4, -0.2) is 23.1 Å². The van der Waals surface area contributed by atoms with Gasteiger partial charge in [-0.25, -0.2) is 4.98 Å². The first-order valence-electron chi connectivity index (χ1n) is 7.30. The van der Waals surface area contributed by atoms with Gasteiger partial charge in [0.1, 0.15) is 11.5 Å². The fourth-order valence-electron chi connectivity index (χ4n) is 1.64. The van der Waals surface area contributed by atoms with E-state index in [-0.39, 0.29) is 5.41 Å². The summed E-state index contributed by atoms with van der Waals surface area (Å²) < 4.78 is 5.52. The highest BCUT2D eigenvalue weighted by Gasteiger charge is 2.22. The Hall–Kier alpha value is -1.52. The first kappa shape index (κ1) is 16.5. The first-order valence-corrected chi connectivity index (χ1v) is 7.30. The Balaban J connectivity index is 3.04. The third kappa shape index (κ3) is 4.54. The molecule has 5 heteroatoms. The summed E-state index contributed by atoms with van der Waals surface area (Å²) in [5.74, 6) is 2.52. The molecule has 0 fully saturated rings. The molecule has 1 rings (SSSR count). The van der Waals surface area contributed by atoms with Crippen molar-refractivity contribution in [1.82, 2.24) is 9.97 Å². The van der Waals surface area contributed by atoms with Gasteiger partial charge < -0.3 is 15.8 Å². The van der Waals surface area contributed by atoms with Crippen LogP contribution in [0.3, 0.4) is 0 Å². The zero-order chi connectivity index (χ0) is 15.3. The summed E-state index contributed by atoms with van der Waals surface area (Å²) >= 11 is 0. The van der Waals surface area contributed by atoms with Crippen LogP contribution in [0.5, 0.6) is 5.88 Å². The van der Waals surface area contributed by atoms with Crippen molar-refractivity contribution in [1.29, 1.82) is 0 Å². The lowest BCUT2D eigenvalue weighted by Crippen LogP contribution is -2.20. The average molecular weight is 280 g/mol. The average Bonchev–Trinajstić information content (AvgIpc) is 2.32. The van der Waals surface area contributed by atoms with Crippen molar-refractivity contribution < 1.29 is 4.74 Å². The molecule has 0 aliphatic heterocycles. The third-order valence-electron chi connectivity index (χ3n) is 2.88. The largest absolute Gasteiger partial charge is 0.476 e. The van der Waals surface area contributed by atoms with Crippen LogP contribution >= 0.6 is 0 Å². The fraction of sp³-hybridized carbons (Fsp3) is 0.733. The van der Waals surface area contributed by atoms with Crippen LogP contribution in [-0.2, 0) is 5.41 Å². The maximum atomic E-state index is 6.09. The molecule has 0 atom stereocenters. The predicted octanol–water partition coefficient (Wildman–Crippen LogP) is 3.21. The van der Waals surface area contributed by atoms with E-state index in [1.165, 1.54) is 0 Å². The van der Waals surface area contributed by atoms with Gasteiger partial charge in [-0.1, -0.05) is 34.6 Å². The highest BCUT2D eigenvalue weighted by Crippen LogP contribution is 2.30. The minimum atomic E-state index is -0.145. The van der Waals surface area contributed by atoms with Gasteiger partial charge in [-0.05, 0) is 19.3 Å². The molecule has 1 heterocycles. The summed E-state index contributed by atoms with van der Waals surface area (Å²) in [4.78, 5) is 8.99. The molecular formula is C15H28N4O. The van der Waals surface area contributed by atoms with Crippen LogP contribution < -0.4 is 15.8 Å². The summed E-state index contributed by atoms with van der Waals surface area (Å²) in [5.41, 5.74) is 6.43. The summed E-state index contributed by atoms with van der Waals surface area (Å²) in [6.07, 6.45) is 1.07. The second kappa shape index (κ2) is 6.77. The van der Waals surface area contributed by atoms with Crippen LogP contribution in [0.15, 0.2) is 0 Å². The molecule has 0 amide bonds. The van der Waals surface area contributed by atoms with Gasteiger partial charge in [-0.3, -0.25) is 0 Å². The van der Waals surface area contributed by atoms with Crippen LogP contribution in [0.4, 0.5) is 11.5 Å². The van der Waals surface area contributed by atoms with Gasteiger partial charge in [0.2, 0.25) is 5.88 Å². The first-order chi connectivity index (χ1) is 9.25. The van der Waals surface area contributed by atoms with Gasteiger partial charge >= 0.3 is 0 Å². The van der Waals surface area contributed by atoms with E-state index in [1.807, 2.05) is 6.92 Å². The van der Waals surface area contributed by atoms with Crippen molar-refractivity contribution in [3.05, 3.63) is 5.82 Å². The van der Waals surface area contributed by atoms with Gasteiger partial charge in [-0.15, -0.1) is 0 Å². The number of aromatic nitrogens is 2. The van der Waals surface area contributed by atoms with Gasteiger partial charge in [0.05, 0.1) is 6.61 Å². The minimum absolute atomic E-state index is 0.145. The molecule has 0 radical (unpaired) electrons. The Bertz CT molecular complexity index is 438. The number of nitrogens with one attached hydrogen (secondary N) is 1. The SMILES string of the molecule is CCOc1nc(C(C)(C)C)nc(NCCC(C)C)c1N. The number of nitrogen functional groups attached to an aromatic ring is 1. The molecule has 0 unspecified atom stereocenters. The van der Waals surface area contributed by atoms with E-state index in [0.717, 1.165) is 18.8 Å². The molecule has 0 aliphatic carbocycles. The number of rotatable bonds is 6. The van der Waals surface area contributed by atoms with E-state index in [9.17, 15) is 0 Å². The van der Waals surface area contributed by atoms with Gasteiger partial charge in [0, 0.05) is 12.0 Å². The van der Waals surface area contributed by atoms with E-state index in [2.05, 4.69) is 49.9 Å². The van der Waals surface area contributed by atoms with Gasteiger partial charge in [-0.2, -0.15) is 4.98 Å². The second-order valence-electron chi connectivity index (χ2n) is 6.41. The Labute approximate surface area is 122 Å². The molecule has 114 valence electrons. The van der Waals surface area contributed by atoms with Crippen LogP contribution in [0.25, 0.3) is 0 Å². The summed E-state index contributed by atoms with van der Waals surface area (Å²) in [6.45, 7) is 13.9. The molecule has 1 aromatic heterocycles. The quantitative estimate of drug-likeness (QED) is 0.837. The molecule has 0 bridgehead atoms. The van der Waals surface area contributed by atoms with Crippen LogP contribution in [0.2, 0.25) is 0 Å². The summed E-state index contributed by atoms with van der Waals surface area (Å²) in [5, 5.41) is 3.30. The van der Waals surface area contributed by atoms with E-state index >= 15 is 0 Å². The molecule has 20 heavy (non-hydrogen) atoms. The molecule has 0 spiro atoms. The Morgan fingerprint density at radius 2 is 1.90 bits per heavy atom. The lowest BCUT2D eigenvalue weighted by atomic mass is 9.96. The van der Waals surface area contributed by atoms with E-state index < -0.39 is 0 Å². The molecule has 3 N–H and O–H groups in total. The maximum Gasteiger partial charge on any atom is 0.242 e. The van der Waals surface area contributed by atoms with Crippen molar-refractivity contribution in [2.75, 3.05) is 24.2 Å². The highest BCUT2D eigenvalue weighted by atomic mass is 16.5. The highest BCUT2D eigenvalue weighted by molar-refractivity contribution is 5.67. The molecule has 1 aromatic rings. The maximum absolute atomic E-state index is 6.09. The number of nitrogens with zero attached hydrogens (tertiary/aromatic N) is 2. The molecule has 5 nitrogen and oxygen atoms in total. The van der Waals surface area contributed by atoms with Crippen LogP contribution in [0.1, 0.15) is 53.8 Å². The lowest BCUT2D eigenvalue weighted by molar-refractivity contribution is 0.324. The third-order valence-corrected chi connectivity index (χ3v) is 2.88. The molecule has 0 aliphatic rings. The van der Waals surface area contributed by atoms with Crippen molar-refractivity contribution in [3.8, 4) is 5.88 Å². The molecular weight excluding hydrogens is 252 g/mol. The monoisotopic (exact) mass is 280 g/mol. The smallest absolute Gasteiger partial charge is 0.242 e. The Morgan fingerprint density at radius 3 is 2.40 bits per heavy atom. The topological polar surface area (TPSA) is 73.1 Å². The summed E-state index contributed by atoms with van der Waals surface area (Å²) in [6, 6.07) is 0. The zero-order valence-electron chi connectivity index (χ0n) is 13.6. The van der Waals surface area contributed by atoms with Crippen molar-refractivity contribution in [2.24, 2.45) is 5.92 Å². The van der Waals surface area contributed by atoms with Gasteiger partial charge in [0.25, 0.3) is 0 Å².